The topological polar surface area (TPSA) is 91.2 Å². The predicted octanol–water partition coefficient (Wildman–Crippen LogP) is 2.08. The highest BCUT2D eigenvalue weighted by atomic mass is 16.5. The highest BCUT2D eigenvalue weighted by Crippen LogP contribution is 2.23. The number of nitrogens with one attached hydrogen (secondary N) is 2. The molecule has 6 heteroatoms. The molecule has 0 unspecified atom stereocenters. The molecule has 0 aliphatic rings. The fourth-order valence-electron chi connectivity index (χ4n) is 1.66. The molecule has 0 saturated carbocycles. The number of benzene rings is 1. The van der Waals surface area contributed by atoms with Gasteiger partial charge in [0.15, 0.2) is 6.61 Å². The van der Waals surface area contributed by atoms with Gasteiger partial charge in [0.1, 0.15) is 11.3 Å². The van der Waals surface area contributed by atoms with Gasteiger partial charge < -0.3 is 15.4 Å². The number of amides is 2. The summed E-state index contributed by atoms with van der Waals surface area (Å²) in [5.74, 6) is -0.253. The number of carbonyl (C=O) groups excluding carboxylic acids is 2. The maximum Gasteiger partial charge on any atom is 0.259 e. The van der Waals surface area contributed by atoms with E-state index in [9.17, 15) is 14.9 Å². The SMILES string of the molecule is CC(=O)Nc1ccccc1OCC(=O)N[C@](C)(C#N)C(C)C. The Balaban J connectivity index is 2.69. The maximum absolute atomic E-state index is 12.0. The van der Waals surface area contributed by atoms with Crippen molar-refractivity contribution < 1.29 is 14.3 Å². The van der Waals surface area contributed by atoms with E-state index in [0.717, 1.165) is 0 Å². The van der Waals surface area contributed by atoms with Gasteiger partial charge in [0, 0.05) is 6.92 Å². The molecule has 1 rings (SSSR count). The van der Waals surface area contributed by atoms with Crippen molar-refractivity contribution in [2.75, 3.05) is 11.9 Å². The van der Waals surface area contributed by atoms with E-state index in [-0.39, 0.29) is 18.4 Å². The lowest BCUT2D eigenvalue weighted by atomic mass is 9.90. The van der Waals surface area contributed by atoms with E-state index in [1.165, 1.54) is 6.92 Å². The minimum atomic E-state index is -0.947. The average molecular weight is 303 g/mol. The Labute approximate surface area is 130 Å². The third kappa shape index (κ3) is 4.77. The number of nitrogens with zero attached hydrogens (tertiary/aromatic N) is 1. The first-order chi connectivity index (χ1) is 10.3. The number of ether oxygens (including phenoxy) is 1. The Hall–Kier alpha value is -2.55. The summed E-state index contributed by atoms with van der Waals surface area (Å²) in [4.78, 5) is 23.1. The van der Waals surface area contributed by atoms with Crippen LogP contribution < -0.4 is 15.4 Å². The van der Waals surface area contributed by atoms with Crippen LogP contribution in [0.4, 0.5) is 5.69 Å². The van der Waals surface area contributed by atoms with Gasteiger partial charge in [0.2, 0.25) is 5.91 Å². The molecular weight excluding hydrogens is 282 g/mol. The van der Waals surface area contributed by atoms with Gasteiger partial charge in [-0.2, -0.15) is 5.26 Å². The normalized spacial score (nSPS) is 12.9. The van der Waals surface area contributed by atoms with Crippen LogP contribution >= 0.6 is 0 Å². The molecule has 0 aliphatic heterocycles. The Morgan fingerprint density at radius 3 is 2.55 bits per heavy atom. The van der Waals surface area contributed by atoms with Gasteiger partial charge in [-0.3, -0.25) is 9.59 Å². The van der Waals surface area contributed by atoms with Crippen LogP contribution in [0.5, 0.6) is 5.75 Å². The van der Waals surface area contributed by atoms with E-state index in [4.69, 9.17) is 4.74 Å². The standard InChI is InChI=1S/C16H21N3O3/c1-11(2)16(4,10-17)19-15(21)9-22-14-8-6-5-7-13(14)18-12(3)20/h5-8,11H,9H2,1-4H3,(H,18,20)(H,19,21)/t16-/m1/s1. The molecule has 1 aromatic carbocycles. The first-order valence-corrected chi connectivity index (χ1v) is 7.00. The fraction of sp³-hybridized carbons (Fsp3) is 0.438. The third-order valence-corrected chi connectivity index (χ3v) is 3.34. The second kappa shape index (κ2) is 7.46. The summed E-state index contributed by atoms with van der Waals surface area (Å²) in [6.45, 7) is 6.54. The van der Waals surface area contributed by atoms with Gasteiger partial charge in [-0.05, 0) is 25.0 Å². The van der Waals surface area contributed by atoms with Crippen LogP contribution in [-0.4, -0.2) is 24.0 Å². The van der Waals surface area contributed by atoms with Gasteiger partial charge in [-0.25, -0.2) is 0 Å². The summed E-state index contributed by atoms with van der Waals surface area (Å²) in [5.41, 5.74) is -0.452. The molecule has 0 aliphatic carbocycles. The van der Waals surface area contributed by atoms with E-state index in [1.807, 2.05) is 13.8 Å². The van der Waals surface area contributed by atoms with Crippen LogP contribution in [0.25, 0.3) is 0 Å². The molecular formula is C16H21N3O3. The van der Waals surface area contributed by atoms with Crippen molar-refractivity contribution in [3.8, 4) is 11.8 Å². The van der Waals surface area contributed by atoms with Crippen LogP contribution in [0.1, 0.15) is 27.7 Å². The van der Waals surface area contributed by atoms with Crippen molar-refractivity contribution in [3.05, 3.63) is 24.3 Å². The number of carbonyl (C=O) groups is 2. The molecule has 0 fully saturated rings. The minimum absolute atomic E-state index is 0.0342. The predicted molar refractivity (Wildman–Crippen MR) is 83.2 cm³/mol. The van der Waals surface area contributed by atoms with Crippen molar-refractivity contribution >= 4 is 17.5 Å². The molecule has 0 saturated heterocycles. The lowest BCUT2D eigenvalue weighted by Gasteiger charge is -2.27. The molecule has 2 N–H and O–H groups in total. The second-order valence-electron chi connectivity index (χ2n) is 5.48. The number of para-hydroxylation sites is 2. The summed E-state index contributed by atoms with van der Waals surface area (Å²) in [7, 11) is 0. The van der Waals surface area contributed by atoms with Crippen molar-refractivity contribution in [1.29, 1.82) is 5.26 Å². The summed E-state index contributed by atoms with van der Waals surface area (Å²) in [6.07, 6.45) is 0. The van der Waals surface area contributed by atoms with E-state index in [0.29, 0.717) is 11.4 Å². The zero-order valence-electron chi connectivity index (χ0n) is 13.3. The van der Waals surface area contributed by atoms with Gasteiger partial charge in [0.25, 0.3) is 5.91 Å². The van der Waals surface area contributed by atoms with Crippen LogP contribution in [0.2, 0.25) is 0 Å². The smallest absolute Gasteiger partial charge is 0.259 e. The second-order valence-corrected chi connectivity index (χ2v) is 5.48. The zero-order valence-corrected chi connectivity index (χ0v) is 13.3. The summed E-state index contributed by atoms with van der Waals surface area (Å²) >= 11 is 0. The first-order valence-electron chi connectivity index (χ1n) is 7.00. The third-order valence-electron chi connectivity index (χ3n) is 3.34. The number of hydrogen-bond acceptors (Lipinski definition) is 4. The molecule has 0 aromatic heterocycles. The molecule has 0 spiro atoms. The molecule has 118 valence electrons. The van der Waals surface area contributed by atoms with E-state index >= 15 is 0 Å². The van der Waals surface area contributed by atoms with Crippen molar-refractivity contribution in [1.82, 2.24) is 5.32 Å². The van der Waals surface area contributed by atoms with Gasteiger partial charge in [0.05, 0.1) is 11.8 Å². The van der Waals surface area contributed by atoms with Crippen LogP contribution in [0.15, 0.2) is 24.3 Å². The van der Waals surface area contributed by atoms with Crippen molar-refractivity contribution in [2.45, 2.75) is 33.2 Å². The number of anilines is 1. The van der Waals surface area contributed by atoms with E-state index in [2.05, 4.69) is 16.7 Å². The monoisotopic (exact) mass is 303 g/mol. The summed E-state index contributed by atoms with van der Waals surface area (Å²) < 4.78 is 5.43. The van der Waals surface area contributed by atoms with Crippen LogP contribution in [0, 0.1) is 17.2 Å². The van der Waals surface area contributed by atoms with Crippen molar-refractivity contribution in [3.63, 3.8) is 0 Å². The molecule has 1 atom stereocenters. The van der Waals surface area contributed by atoms with Gasteiger partial charge >= 0.3 is 0 Å². The largest absolute Gasteiger partial charge is 0.482 e. The molecule has 0 bridgehead atoms. The number of nitriles is 1. The van der Waals surface area contributed by atoms with Crippen molar-refractivity contribution in [2.24, 2.45) is 5.92 Å². The Morgan fingerprint density at radius 1 is 1.36 bits per heavy atom. The van der Waals surface area contributed by atoms with Crippen LogP contribution in [0.3, 0.4) is 0 Å². The first kappa shape index (κ1) is 17.5. The quantitative estimate of drug-likeness (QED) is 0.841. The summed E-state index contributed by atoms with van der Waals surface area (Å²) in [5, 5.41) is 14.5. The van der Waals surface area contributed by atoms with Crippen LogP contribution in [-0.2, 0) is 9.59 Å². The lowest BCUT2D eigenvalue weighted by Crippen LogP contribution is -2.50. The molecule has 0 heterocycles. The highest BCUT2D eigenvalue weighted by Gasteiger charge is 2.30. The van der Waals surface area contributed by atoms with E-state index in [1.54, 1.807) is 31.2 Å². The Morgan fingerprint density at radius 2 is 2.00 bits per heavy atom. The zero-order chi connectivity index (χ0) is 16.8. The van der Waals surface area contributed by atoms with Gasteiger partial charge in [-0.1, -0.05) is 26.0 Å². The molecule has 1 aromatic rings. The lowest BCUT2D eigenvalue weighted by molar-refractivity contribution is -0.124. The Bertz CT molecular complexity index is 593. The maximum atomic E-state index is 12.0. The highest BCUT2D eigenvalue weighted by molar-refractivity contribution is 5.90. The molecule has 22 heavy (non-hydrogen) atoms. The molecule has 0 radical (unpaired) electrons. The average Bonchev–Trinajstić information content (AvgIpc) is 2.45. The fourth-order valence-corrected chi connectivity index (χ4v) is 1.66. The number of hydrogen-bond donors (Lipinski definition) is 2. The molecule has 2 amide bonds. The minimum Gasteiger partial charge on any atom is -0.482 e. The Kier molecular flexibility index (Phi) is 5.93. The van der Waals surface area contributed by atoms with Gasteiger partial charge in [-0.15, -0.1) is 0 Å². The van der Waals surface area contributed by atoms with E-state index < -0.39 is 11.4 Å². The molecule has 6 nitrogen and oxygen atoms in total. The summed E-state index contributed by atoms with van der Waals surface area (Å²) in [6, 6.07) is 8.94. The number of rotatable bonds is 6.